The second kappa shape index (κ2) is 9.42. The SMILES string of the molecule is COc1ccc(C(NC(=O)CN(C)CCOc2ccccc2)C2CC2)cc1. The number of rotatable bonds is 10. The Morgan fingerprint density at radius 1 is 1.11 bits per heavy atom. The van der Waals surface area contributed by atoms with Crippen molar-refractivity contribution in [3.05, 3.63) is 60.2 Å². The van der Waals surface area contributed by atoms with Gasteiger partial charge < -0.3 is 14.8 Å². The molecule has 0 bridgehead atoms. The van der Waals surface area contributed by atoms with Gasteiger partial charge in [-0.2, -0.15) is 0 Å². The fraction of sp³-hybridized carbons (Fsp3) is 0.409. The number of para-hydroxylation sites is 1. The first-order chi connectivity index (χ1) is 13.2. The van der Waals surface area contributed by atoms with Crippen LogP contribution in [0.4, 0.5) is 0 Å². The molecule has 1 unspecified atom stereocenters. The molecule has 0 spiro atoms. The average Bonchev–Trinajstić information content (AvgIpc) is 3.52. The Hall–Kier alpha value is -2.53. The van der Waals surface area contributed by atoms with E-state index in [-0.39, 0.29) is 11.9 Å². The molecule has 5 nitrogen and oxygen atoms in total. The van der Waals surface area contributed by atoms with Crippen LogP contribution in [0, 0.1) is 5.92 Å². The van der Waals surface area contributed by atoms with E-state index in [1.807, 2.05) is 66.5 Å². The molecule has 1 amide bonds. The van der Waals surface area contributed by atoms with Crippen LogP contribution in [0.2, 0.25) is 0 Å². The number of methoxy groups -OCH3 is 1. The number of benzene rings is 2. The fourth-order valence-electron chi connectivity index (χ4n) is 3.09. The van der Waals surface area contributed by atoms with E-state index in [4.69, 9.17) is 9.47 Å². The molecule has 5 heteroatoms. The highest BCUT2D eigenvalue weighted by Gasteiger charge is 2.33. The lowest BCUT2D eigenvalue weighted by molar-refractivity contribution is -0.122. The summed E-state index contributed by atoms with van der Waals surface area (Å²) in [4.78, 5) is 14.5. The molecule has 0 heterocycles. The van der Waals surface area contributed by atoms with Crippen molar-refractivity contribution in [1.82, 2.24) is 10.2 Å². The molecule has 2 aromatic rings. The molecule has 144 valence electrons. The van der Waals surface area contributed by atoms with Gasteiger partial charge in [-0.05, 0) is 55.6 Å². The van der Waals surface area contributed by atoms with E-state index >= 15 is 0 Å². The topological polar surface area (TPSA) is 50.8 Å². The van der Waals surface area contributed by atoms with E-state index in [9.17, 15) is 4.79 Å². The zero-order chi connectivity index (χ0) is 19.1. The van der Waals surface area contributed by atoms with Crippen molar-refractivity contribution in [2.75, 3.05) is 33.9 Å². The number of amides is 1. The molecular formula is C22H28N2O3. The highest BCUT2D eigenvalue weighted by atomic mass is 16.5. The Bertz CT molecular complexity index is 714. The number of nitrogens with one attached hydrogen (secondary N) is 1. The highest BCUT2D eigenvalue weighted by molar-refractivity contribution is 5.78. The van der Waals surface area contributed by atoms with Crippen LogP contribution in [0.1, 0.15) is 24.4 Å². The number of hydrogen-bond acceptors (Lipinski definition) is 4. The predicted molar refractivity (Wildman–Crippen MR) is 106 cm³/mol. The number of hydrogen-bond donors (Lipinski definition) is 1. The van der Waals surface area contributed by atoms with Crippen LogP contribution in [0.15, 0.2) is 54.6 Å². The fourth-order valence-corrected chi connectivity index (χ4v) is 3.09. The van der Waals surface area contributed by atoms with E-state index in [2.05, 4.69) is 5.32 Å². The second-order valence-electron chi connectivity index (χ2n) is 7.06. The molecule has 0 radical (unpaired) electrons. The van der Waals surface area contributed by atoms with Crippen molar-refractivity contribution in [3.8, 4) is 11.5 Å². The lowest BCUT2D eigenvalue weighted by Crippen LogP contribution is -2.39. The first-order valence-corrected chi connectivity index (χ1v) is 9.45. The summed E-state index contributed by atoms with van der Waals surface area (Å²) < 4.78 is 10.9. The molecule has 1 aliphatic rings. The Kier molecular flexibility index (Phi) is 6.71. The van der Waals surface area contributed by atoms with Gasteiger partial charge in [-0.1, -0.05) is 30.3 Å². The normalized spacial score (nSPS) is 14.6. The Morgan fingerprint density at radius 2 is 1.81 bits per heavy atom. The Balaban J connectivity index is 1.46. The summed E-state index contributed by atoms with van der Waals surface area (Å²) in [6, 6.07) is 17.8. The minimum atomic E-state index is 0.0462. The first kappa shape index (κ1) is 19.2. The maximum atomic E-state index is 12.5. The molecule has 1 N–H and O–H groups in total. The number of nitrogens with zero attached hydrogens (tertiary/aromatic N) is 1. The molecule has 0 aliphatic heterocycles. The van der Waals surface area contributed by atoms with Crippen molar-refractivity contribution < 1.29 is 14.3 Å². The van der Waals surface area contributed by atoms with Crippen molar-refractivity contribution in [2.45, 2.75) is 18.9 Å². The van der Waals surface area contributed by atoms with Gasteiger partial charge in [0.05, 0.1) is 19.7 Å². The third kappa shape index (κ3) is 6.00. The summed E-state index contributed by atoms with van der Waals surface area (Å²) >= 11 is 0. The minimum absolute atomic E-state index is 0.0462. The molecule has 27 heavy (non-hydrogen) atoms. The minimum Gasteiger partial charge on any atom is -0.497 e. The lowest BCUT2D eigenvalue weighted by Gasteiger charge is -2.22. The van der Waals surface area contributed by atoms with Crippen LogP contribution >= 0.6 is 0 Å². The summed E-state index contributed by atoms with van der Waals surface area (Å²) in [6.45, 7) is 1.61. The van der Waals surface area contributed by atoms with Crippen molar-refractivity contribution in [2.24, 2.45) is 5.92 Å². The van der Waals surface area contributed by atoms with Gasteiger partial charge in [-0.3, -0.25) is 9.69 Å². The van der Waals surface area contributed by atoms with Crippen LogP contribution in [-0.4, -0.2) is 44.7 Å². The molecule has 0 aromatic heterocycles. The Morgan fingerprint density at radius 3 is 2.44 bits per heavy atom. The molecule has 1 aliphatic carbocycles. The van der Waals surface area contributed by atoms with Gasteiger partial charge in [0.2, 0.25) is 5.91 Å². The van der Waals surface area contributed by atoms with Crippen molar-refractivity contribution >= 4 is 5.91 Å². The smallest absolute Gasteiger partial charge is 0.234 e. The number of carbonyl (C=O) groups is 1. The van der Waals surface area contributed by atoms with E-state index in [1.165, 1.54) is 0 Å². The van der Waals surface area contributed by atoms with Gasteiger partial charge in [-0.15, -0.1) is 0 Å². The zero-order valence-electron chi connectivity index (χ0n) is 16.1. The maximum Gasteiger partial charge on any atom is 0.234 e. The van der Waals surface area contributed by atoms with E-state index in [1.54, 1.807) is 7.11 Å². The van der Waals surface area contributed by atoms with Gasteiger partial charge >= 0.3 is 0 Å². The quantitative estimate of drug-likeness (QED) is 0.699. The standard InChI is InChI=1S/C22H28N2O3/c1-24(14-15-27-20-6-4-3-5-7-20)16-21(25)23-22(17-8-9-17)18-10-12-19(26-2)13-11-18/h3-7,10-13,17,22H,8-9,14-16H2,1-2H3,(H,23,25). The summed E-state index contributed by atoms with van der Waals surface area (Å²) in [5.41, 5.74) is 1.14. The van der Waals surface area contributed by atoms with Gasteiger partial charge in [-0.25, -0.2) is 0 Å². The zero-order valence-corrected chi connectivity index (χ0v) is 16.1. The highest BCUT2D eigenvalue weighted by Crippen LogP contribution is 2.41. The molecule has 0 saturated heterocycles. The second-order valence-corrected chi connectivity index (χ2v) is 7.06. The van der Waals surface area contributed by atoms with Gasteiger partial charge in [0.1, 0.15) is 18.1 Å². The summed E-state index contributed by atoms with van der Waals surface area (Å²) in [6.07, 6.45) is 2.33. The number of carbonyl (C=O) groups excluding carboxylic acids is 1. The monoisotopic (exact) mass is 368 g/mol. The van der Waals surface area contributed by atoms with Crippen LogP contribution in [0.5, 0.6) is 11.5 Å². The third-order valence-electron chi connectivity index (χ3n) is 4.78. The van der Waals surface area contributed by atoms with Crippen LogP contribution in [0.25, 0.3) is 0 Å². The average molecular weight is 368 g/mol. The molecule has 1 saturated carbocycles. The van der Waals surface area contributed by atoms with Crippen molar-refractivity contribution in [3.63, 3.8) is 0 Å². The van der Waals surface area contributed by atoms with Crippen molar-refractivity contribution in [1.29, 1.82) is 0 Å². The summed E-state index contributed by atoms with van der Waals surface area (Å²) in [7, 11) is 3.60. The molecule has 2 aromatic carbocycles. The number of ether oxygens (including phenoxy) is 2. The lowest BCUT2D eigenvalue weighted by atomic mass is 10.0. The van der Waals surface area contributed by atoms with Crippen LogP contribution < -0.4 is 14.8 Å². The van der Waals surface area contributed by atoms with E-state index in [0.717, 1.165) is 29.9 Å². The van der Waals surface area contributed by atoms with E-state index < -0.39 is 0 Å². The summed E-state index contributed by atoms with van der Waals surface area (Å²) in [5, 5.41) is 3.21. The maximum absolute atomic E-state index is 12.5. The van der Waals surface area contributed by atoms with Gasteiger partial charge in [0.15, 0.2) is 0 Å². The first-order valence-electron chi connectivity index (χ1n) is 9.45. The van der Waals surface area contributed by atoms with E-state index in [0.29, 0.717) is 25.6 Å². The molecular weight excluding hydrogens is 340 g/mol. The largest absolute Gasteiger partial charge is 0.497 e. The van der Waals surface area contributed by atoms with Gasteiger partial charge in [0.25, 0.3) is 0 Å². The van der Waals surface area contributed by atoms with Crippen LogP contribution in [-0.2, 0) is 4.79 Å². The molecule has 1 fully saturated rings. The molecule has 3 rings (SSSR count). The predicted octanol–water partition coefficient (Wildman–Crippen LogP) is 3.27. The number of likely N-dealkylation sites (N-methyl/N-ethyl adjacent to an activating group) is 1. The third-order valence-corrected chi connectivity index (χ3v) is 4.78. The Labute approximate surface area is 161 Å². The molecule has 1 atom stereocenters. The van der Waals surface area contributed by atoms with Gasteiger partial charge in [0, 0.05) is 6.54 Å². The summed E-state index contributed by atoms with van der Waals surface area (Å²) in [5.74, 6) is 2.26. The van der Waals surface area contributed by atoms with Crippen LogP contribution in [0.3, 0.4) is 0 Å².